The zero-order valence-corrected chi connectivity index (χ0v) is 16.6. The Kier molecular flexibility index (Phi) is 7.45. The van der Waals surface area contributed by atoms with E-state index in [1.807, 2.05) is 28.2 Å². The summed E-state index contributed by atoms with van der Waals surface area (Å²) in [7, 11) is 9.89. The van der Waals surface area contributed by atoms with Gasteiger partial charge in [-0.05, 0) is 42.5 Å². The third kappa shape index (κ3) is 4.51. The summed E-state index contributed by atoms with van der Waals surface area (Å²) in [5.41, 5.74) is 2.87. The van der Waals surface area contributed by atoms with E-state index in [4.69, 9.17) is 9.73 Å². The second-order valence-electron chi connectivity index (χ2n) is 6.08. The highest BCUT2D eigenvalue weighted by molar-refractivity contribution is 14.0. The molecule has 2 rings (SSSR count). The molecule has 0 spiro atoms. The molecule has 1 aromatic rings. The van der Waals surface area contributed by atoms with Gasteiger partial charge in [0.05, 0.1) is 7.11 Å². The molecular formula is C17H28IN3O. The second-order valence-corrected chi connectivity index (χ2v) is 6.08. The van der Waals surface area contributed by atoms with E-state index in [-0.39, 0.29) is 24.0 Å². The van der Waals surface area contributed by atoms with Crippen molar-refractivity contribution in [1.82, 2.24) is 9.80 Å². The van der Waals surface area contributed by atoms with Crippen LogP contribution in [0, 0.1) is 0 Å². The van der Waals surface area contributed by atoms with Crippen LogP contribution in [0.25, 0.3) is 0 Å². The molecule has 1 aliphatic rings. The Morgan fingerprint density at radius 1 is 1.23 bits per heavy atom. The number of guanidine groups is 1. The quantitative estimate of drug-likeness (QED) is 0.430. The number of halogens is 1. The van der Waals surface area contributed by atoms with Crippen LogP contribution in [0.3, 0.4) is 0 Å². The highest BCUT2D eigenvalue weighted by atomic mass is 127. The highest BCUT2D eigenvalue weighted by Crippen LogP contribution is 2.34. The summed E-state index contributed by atoms with van der Waals surface area (Å²) in [6, 6.07) is 6.47. The number of aryl methyl sites for hydroxylation is 1. The van der Waals surface area contributed by atoms with Crippen LogP contribution >= 0.6 is 24.0 Å². The number of ether oxygens (including phenoxy) is 1. The lowest BCUT2D eigenvalue weighted by atomic mass is 9.83. The Balaban J connectivity index is 0.00000242. The fraction of sp³-hybridized carbons (Fsp3) is 0.588. The number of nitrogens with zero attached hydrogens (tertiary/aromatic N) is 3. The van der Waals surface area contributed by atoms with Crippen LogP contribution in [0.1, 0.15) is 29.9 Å². The summed E-state index contributed by atoms with van der Waals surface area (Å²) < 4.78 is 5.34. The van der Waals surface area contributed by atoms with Crippen molar-refractivity contribution in [2.45, 2.75) is 25.2 Å². The molecule has 0 saturated heterocycles. The third-order valence-corrected chi connectivity index (χ3v) is 4.04. The van der Waals surface area contributed by atoms with Crippen molar-refractivity contribution < 1.29 is 4.74 Å². The van der Waals surface area contributed by atoms with Gasteiger partial charge < -0.3 is 14.5 Å². The Morgan fingerprint density at radius 3 is 2.50 bits per heavy atom. The predicted octanol–water partition coefficient (Wildman–Crippen LogP) is 3.21. The molecule has 0 saturated carbocycles. The average molecular weight is 417 g/mol. The van der Waals surface area contributed by atoms with E-state index < -0.39 is 0 Å². The first kappa shape index (κ1) is 19.1. The normalized spacial score (nSPS) is 16.1. The number of rotatable bonds is 3. The zero-order chi connectivity index (χ0) is 15.4. The first-order chi connectivity index (χ1) is 10.0. The molecule has 1 atom stereocenters. The molecule has 0 radical (unpaired) electrons. The van der Waals surface area contributed by atoms with Crippen LogP contribution in [0.4, 0.5) is 0 Å². The number of benzene rings is 1. The maximum atomic E-state index is 5.34. The Labute approximate surface area is 151 Å². The Hall–Kier alpha value is -0.980. The molecule has 1 aliphatic carbocycles. The fourth-order valence-corrected chi connectivity index (χ4v) is 3.08. The van der Waals surface area contributed by atoms with Gasteiger partial charge in [-0.15, -0.1) is 24.0 Å². The molecule has 0 N–H and O–H groups in total. The maximum Gasteiger partial charge on any atom is 0.195 e. The first-order valence-corrected chi connectivity index (χ1v) is 7.59. The van der Waals surface area contributed by atoms with Gasteiger partial charge in [-0.1, -0.05) is 6.07 Å². The third-order valence-electron chi connectivity index (χ3n) is 4.04. The molecule has 22 heavy (non-hydrogen) atoms. The van der Waals surface area contributed by atoms with E-state index in [0.717, 1.165) is 24.7 Å². The van der Waals surface area contributed by atoms with E-state index in [0.29, 0.717) is 5.92 Å². The minimum Gasteiger partial charge on any atom is -0.497 e. The lowest BCUT2D eigenvalue weighted by Crippen LogP contribution is -2.35. The SMILES string of the molecule is COc1ccc2c(c1)CCCC2CN=C(N(C)C)N(C)C.I. The summed E-state index contributed by atoms with van der Waals surface area (Å²) >= 11 is 0. The number of fused-ring (bicyclic) bond motifs is 1. The van der Waals surface area contributed by atoms with Crippen LogP contribution in [-0.2, 0) is 6.42 Å². The largest absolute Gasteiger partial charge is 0.497 e. The van der Waals surface area contributed by atoms with E-state index in [1.54, 1.807) is 7.11 Å². The van der Waals surface area contributed by atoms with E-state index in [1.165, 1.54) is 24.0 Å². The first-order valence-electron chi connectivity index (χ1n) is 7.59. The lowest BCUT2D eigenvalue weighted by molar-refractivity contribution is 0.413. The molecule has 0 heterocycles. The number of hydrogen-bond donors (Lipinski definition) is 0. The van der Waals surface area contributed by atoms with Crippen molar-refractivity contribution in [2.24, 2.45) is 4.99 Å². The summed E-state index contributed by atoms with van der Waals surface area (Å²) in [6.07, 6.45) is 3.61. The molecule has 124 valence electrons. The zero-order valence-electron chi connectivity index (χ0n) is 14.3. The van der Waals surface area contributed by atoms with Gasteiger partial charge in [0.1, 0.15) is 5.75 Å². The maximum absolute atomic E-state index is 5.34. The van der Waals surface area contributed by atoms with E-state index in [9.17, 15) is 0 Å². The number of aliphatic imine (C=N–C) groups is 1. The number of hydrogen-bond acceptors (Lipinski definition) is 2. The van der Waals surface area contributed by atoms with Crippen LogP contribution in [0.15, 0.2) is 23.2 Å². The number of methoxy groups -OCH3 is 1. The molecule has 5 heteroatoms. The topological polar surface area (TPSA) is 28.1 Å². The van der Waals surface area contributed by atoms with Crippen molar-refractivity contribution in [3.8, 4) is 5.75 Å². The summed E-state index contributed by atoms with van der Waals surface area (Å²) in [4.78, 5) is 8.96. The van der Waals surface area contributed by atoms with Gasteiger partial charge in [0, 0.05) is 40.7 Å². The van der Waals surface area contributed by atoms with Crippen LogP contribution in [-0.4, -0.2) is 57.6 Å². The van der Waals surface area contributed by atoms with Crippen molar-refractivity contribution >= 4 is 29.9 Å². The van der Waals surface area contributed by atoms with Gasteiger partial charge in [-0.2, -0.15) is 0 Å². The van der Waals surface area contributed by atoms with E-state index >= 15 is 0 Å². The molecular weight excluding hydrogens is 389 g/mol. The van der Waals surface area contributed by atoms with Crippen molar-refractivity contribution in [3.05, 3.63) is 29.3 Å². The minimum absolute atomic E-state index is 0. The highest BCUT2D eigenvalue weighted by Gasteiger charge is 2.21. The van der Waals surface area contributed by atoms with E-state index in [2.05, 4.69) is 28.0 Å². The van der Waals surface area contributed by atoms with Gasteiger partial charge in [-0.25, -0.2) is 0 Å². The van der Waals surface area contributed by atoms with Crippen LogP contribution < -0.4 is 4.74 Å². The van der Waals surface area contributed by atoms with Gasteiger partial charge in [0.25, 0.3) is 0 Å². The van der Waals surface area contributed by atoms with Crippen LogP contribution in [0.5, 0.6) is 5.75 Å². The van der Waals surface area contributed by atoms with Crippen LogP contribution in [0.2, 0.25) is 0 Å². The Morgan fingerprint density at radius 2 is 1.91 bits per heavy atom. The van der Waals surface area contributed by atoms with Crippen molar-refractivity contribution in [1.29, 1.82) is 0 Å². The van der Waals surface area contributed by atoms with Gasteiger partial charge in [0.2, 0.25) is 0 Å². The molecule has 4 nitrogen and oxygen atoms in total. The molecule has 0 aromatic heterocycles. The Bertz CT molecular complexity index is 505. The summed E-state index contributed by atoms with van der Waals surface area (Å²) in [5, 5.41) is 0. The lowest BCUT2D eigenvalue weighted by Gasteiger charge is -2.27. The smallest absolute Gasteiger partial charge is 0.195 e. The average Bonchev–Trinajstić information content (AvgIpc) is 2.46. The molecule has 1 unspecified atom stereocenters. The molecule has 0 fully saturated rings. The molecule has 0 aliphatic heterocycles. The molecule has 0 amide bonds. The monoisotopic (exact) mass is 417 g/mol. The summed E-state index contributed by atoms with van der Waals surface area (Å²) in [6.45, 7) is 0.852. The second kappa shape index (κ2) is 8.60. The van der Waals surface area contributed by atoms with Gasteiger partial charge in [-0.3, -0.25) is 4.99 Å². The predicted molar refractivity (Wildman–Crippen MR) is 104 cm³/mol. The van der Waals surface area contributed by atoms with Gasteiger partial charge in [0.15, 0.2) is 5.96 Å². The molecule has 1 aromatic carbocycles. The summed E-state index contributed by atoms with van der Waals surface area (Å²) in [5.74, 6) is 2.50. The van der Waals surface area contributed by atoms with Crippen molar-refractivity contribution in [2.75, 3.05) is 41.8 Å². The molecule has 0 bridgehead atoms. The van der Waals surface area contributed by atoms with Crippen molar-refractivity contribution in [3.63, 3.8) is 0 Å². The van der Waals surface area contributed by atoms with Gasteiger partial charge >= 0.3 is 0 Å². The fourth-order valence-electron chi connectivity index (χ4n) is 3.08. The standard InChI is InChI=1S/C17H27N3O.HI/c1-19(2)17(20(3)4)18-12-14-8-6-7-13-11-15(21-5)9-10-16(13)14;/h9-11,14H,6-8,12H2,1-5H3;1H. The minimum atomic E-state index is 0.